The number of fused-ring (bicyclic) bond motifs is 1. The molecule has 1 heterocycles. The molecule has 12 nitrogen and oxygen atoms in total. The van der Waals surface area contributed by atoms with Crippen LogP contribution in [0, 0.1) is 26.1 Å². The number of hydrogen-bond donors (Lipinski definition) is 1. The summed E-state index contributed by atoms with van der Waals surface area (Å²) in [5, 5.41) is 24.7. The number of benzene rings is 2. The summed E-state index contributed by atoms with van der Waals surface area (Å²) >= 11 is 5.78. The number of carbonyl (C=O) groups excluding carboxylic acids is 2. The normalized spacial score (nSPS) is 13.4. The topological polar surface area (TPSA) is 160 Å². The number of carbonyl (C=O) groups is 2. The number of rotatable bonds is 8. The van der Waals surface area contributed by atoms with Crippen LogP contribution in [-0.2, 0) is 27.5 Å². The van der Waals surface area contributed by atoms with Crippen LogP contribution >= 0.6 is 11.6 Å². The molecule has 0 unspecified atom stereocenters. The molecule has 0 aliphatic carbocycles. The molecule has 13 heteroatoms. The van der Waals surface area contributed by atoms with E-state index >= 15 is 0 Å². The van der Waals surface area contributed by atoms with Gasteiger partial charge >= 0.3 is 5.97 Å². The molecular formula is C21H20ClN3O9. The maximum atomic E-state index is 12.8. The van der Waals surface area contributed by atoms with Crippen molar-refractivity contribution in [3.63, 3.8) is 0 Å². The largest absolute Gasteiger partial charge is 0.467 e. The molecule has 1 atom stereocenters. The zero-order chi connectivity index (χ0) is 25.0. The summed E-state index contributed by atoms with van der Waals surface area (Å²) < 4.78 is 15.9. The molecule has 0 radical (unpaired) electrons. The third kappa shape index (κ3) is 5.58. The second kappa shape index (κ2) is 10.4. The van der Waals surface area contributed by atoms with Crippen molar-refractivity contribution >= 4 is 34.9 Å². The van der Waals surface area contributed by atoms with Gasteiger partial charge < -0.3 is 19.5 Å². The first-order valence-corrected chi connectivity index (χ1v) is 10.4. The van der Waals surface area contributed by atoms with Gasteiger partial charge in [-0.3, -0.25) is 25.0 Å². The Morgan fingerprint density at radius 1 is 1.18 bits per heavy atom. The van der Waals surface area contributed by atoms with Crippen LogP contribution in [0.3, 0.4) is 0 Å². The summed E-state index contributed by atoms with van der Waals surface area (Å²) in [7, 11) is 0. The Bertz CT molecular complexity index is 1150. The zero-order valence-corrected chi connectivity index (χ0v) is 18.9. The van der Waals surface area contributed by atoms with Gasteiger partial charge in [0.1, 0.15) is 23.4 Å². The highest BCUT2D eigenvalue weighted by Crippen LogP contribution is 2.33. The van der Waals surface area contributed by atoms with Crippen LogP contribution in [0.15, 0.2) is 30.3 Å². The lowest BCUT2D eigenvalue weighted by molar-refractivity contribution is -0.385. The minimum Gasteiger partial charge on any atom is -0.467 e. The summed E-state index contributed by atoms with van der Waals surface area (Å²) in [4.78, 5) is 46.4. The number of ether oxygens (including phenoxy) is 3. The SMILES string of the molecule is CC(C)[C@H](NC(=O)c1ccc(Cl)c([N+](=O)[O-])c1)C(=O)OCc1cc([N+](=O)[O-])cc2c1OCOC2. The van der Waals surface area contributed by atoms with Gasteiger partial charge in [-0.05, 0) is 18.1 Å². The Morgan fingerprint density at radius 2 is 1.91 bits per heavy atom. The predicted molar refractivity (Wildman–Crippen MR) is 117 cm³/mol. The molecule has 3 rings (SSSR count). The van der Waals surface area contributed by atoms with E-state index in [0.29, 0.717) is 11.3 Å². The molecule has 0 aromatic heterocycles. The van der Waals surface area contributed by atoms with Gasteiger partial charge in [-0.1, -0.05) is 25.4 Å². The maximum Gasteiger partial charge on any atom is 0.329 e. The highest BCUT2D eigenvalue weighted by atomic mass is 35.5. The number of hydrogen-bond acceptors (Lipinski definition) is 9. The second-order valence-corrected chi connectivity index (χ2v) is 8.09. The fourth-order valence-corrected chi connectivity index (χ4v) is 3.43. The van der Waals surface area contributed by atoms with E-state index < -0.39 is 39.4 Å². The lowest BCUT2D eigenvalue weighted by atomic mass is 10.0. The van der Waals surface area contributed by atoms with Crippen LogP contribution in [0.25, 0.3) is 0 Å². The predicted octanol–water partition coefficient (Wildman–Crippen LogP) is 3.52. The van der Waals surface area contributed by atoms with Gasteiger partial charge in [0.25, 0.3) is 17.3 Å². The van der Waals surface area contributed by atoms with Gasteiger partial charge in [-0.15, -0.1) is 0 Å². The van der Waals surface area contributed by atoms with Gasteiger partial charge in [0.05, 0.1) is 16.5 Å². The number of esters is 1. The van der Waals surface area contributed by atoms with E-state index in [0.717, 1.165) is 6.07 Å². The van der Waals surface area contributed by atoms with Crippen molar-refractivity contribution in [1.82, 2.24) is 5.32 Å². The van der Waals surface area contributed by atoms with E-state index in [1.165, 1.54) is 24.3 Å². The van der Waals surface area contributed by atoms with Crippen molar-refractivity contribution < 1.29 is 33.6 Å². The lowest BCUT2D eigenvalue weighted by Gasteiger charge is -2.23. The molecule has 1 aliphatic rings. The number of nitrogens with one attached hydrogen (secondary N) is 1. The number of nitro benzene ring substituents is 2. The molecule has 1 N–H and O–H groups in total. The second-order valence-electron chi connectivity index (χ2n) is 7.69. The van der Waals surface area contributed by atoms with Crippen LogP contribution in [0.5, 0.6) is 5.75 Å². The smallest absolute Gasteiger partial charge is 0.329 e. The fraction of sp³-hybridized carbons (Fsp3) is 0.333. The van der Waals surface area contributed by atoms with Gasteiger partial charge in [-0.25, -0.2) is 4.79 Å². The molecule has 1 aliphatic heterocycles. The molecule has 2 aromatic carbocycles. The van der Waals surface area contributed by atoms with Crippen molar-refractivity contribution in [3.8, 4) is 5.75 Å². The van der Waals surface area contributed by atoms with Crippen LogP contribution in [-0.4, -0.2) is 34.6 Å². The number of nitro groups is 2. The average molecular weight is 494 g/mol. The van der Waals surface area contributed by atoms with Gasteiger partial charge in [0.15, 0.2) is 6.79 Å². The number of non-ortho nitro benzene ring substituents is 1. The number of halogens is 1. The minimum atomic E-state index is -1.10. The van der Waals surface area contributed by atoms with Gasteiger partial charge in [0.2, 0.25) is 0 Å². The first-order chi connectivity index (χ1) is 16.1. The molecule has 180 valence electrons. The Balaban J connectivity index is 1.76. The number of amides is 1. The van der Waals surface area contributed by atoms with E-state index in [-0.39, 0.29) is 41.8 Å². The first-order valence-electron chi connectivity index (χ1n) is 10.0. The summed E-state index contributed by atoms with van der Waals surface area (Å²) in [6.07, 6.45) is 0. The zero-order valence-electron chi connectivity index (χ0n) is 18.1. The molecule has 2 aromatic rings. The third-order valence-electron chi connectivity index (χ3n) is 4.96. The van der Waals surface area contributed by atoms with Crippen LogP contribution in [0.1, 0.15) is 35.3 Å². The lowest BCUT2D eigenvalue weighted by Crippen LogP contribution is -2.45. The van der Waals surface area contributed by atoms with Crippen molar-refractivity contribution in [1.29, 1.82) is 0 Å². The quantitative estimate of drug-likeness (QED) is 0.329. The standard InChI is InChI=1S/C21H20ClN3O9/c1-11(2)18(23-20(26)12-3-4-16(22)17(7-12)25(30)31)21(27)33-9-14-6-15(24(28)29)5-13-8-32-10-34-19(13)14/h3-7,11,18H,8-10H2,1-2H3,(H,23,26)/t18-/m0/s1. The minimum absolute atomic E-state index is 0.0519. The van der Waals surface area contributed by atoms with E-state index in [4.69, 9.17) is 25.8 Å². The van der Waals surface area contributed by atoms with Gasteiger partial charge in [0, 0.05) is 34.9 Å². The van der Waals surface area contributed by atoms with Crippen LogP contribution in [0.2, 0.25) is 5.02 Å². The Kier molecular flexibility index (Phi) is 7.64. The molecular weight excluding hydrogens is 474 g/mol. The summed E-state index contributed by atoms with van der Waals surface area (Å²) in [5.41, 5.74) is 0.0117. The van der Waals surface area contributed by atoms with E-state index in [1.807, 2.05) is 0 Å². The van der Waals surface area contributed by atoms with E-state index in [2.05, 4.69) is 5.32 Å². The summed E-state index contributed by atoms with van der Waals surface area (Å²) in [5.74, 6) is -1.59. The molecule has 34 heavy (non-hydrogen) atoms. The molecule has 0 spiro atoms. The molecule has 0 saturated carbocycles. The Morgan fingerprint density at radius 3 is 2.56 bits per heavy atom. The highest BCUT2D eigenvalue weighted by Gasteiger charge is 2.28. The Labute approximate surface area is 198 Å². The van der Waals surface area contributed by atoms with Crippen molar-refractivity contribution in [2.45, 2.75) is 33.1 Å². The van der Waals surface area contributed by atoms with Crippen LogP contribution in [0.4, 0.5) is 11.4 Å². The van der Waals surface area contributed by atoms with Gasteiger partial charge in [-0.2, -0.15) is 0 Å². The van der Waals surface area contributed by atoms with E-state index in [1.54, 1.807) is 13.8 Å². The van der Waals surface area contributed by atoms with Crippen molar-refractivity contribution in [2.75, 3.05) is 6.79 Å². The average Bonchev–Trinajstić information content (AvgIpc) is 2.80. The molecule has 0 saturated heterocycles. The monoisotopic (exact) mass is 493 g/mol. The van der Waals surface area contributed by atoms with Crippen molar-refractivity contribution in [3.05, 3.63) is 72.3 Å². The number of nitrogens with zero attached hydrogens (tertiary/aromatic N) is 2. The highest BCUT2D eigenvalue weighted by molar-refractivity contribution is 6.32. The first kappa shape index (κ1) is 24.9. The maximum absolute atomic E-state index is 12.8. The third-order valence-corrected chi connectivity index (χ3v) is 5.28. The van der Waals surface area contributed by atoms with E-state index in [9.17, 15) is 29.8 Å². The van der Waals surface area contributed by atoms with Crippen LogP contribution < -0.4 is 10.1 Å². The van der Waals surface area contributed by atoms with Crippen molar-refractivity contribution in [2.24, 2.45) is 5.92 Å². The molecule has 0 fully saturated rings. The Hall–Kier alpha value is -3.77. The fourth-order valence-electron chi connectivity index (χ4n) is 3.25. The molecule has 0 bridgehead atoms. The summed E-state index contributed by atoms with van der Waals surface area (Å²) in [6.45, 7) is 3.06. The molecule has 1 amide bonds. The summed E-state index contributed by atoms with van der Waals surface area (Å²) in [6, 6.07) is 4.99.